The van der Waals surface area contributed by atoms with E-state index < -0.39 is 15.8 Å². The maximum absolute atomic E-state index is 4.26. The number of nitrogens with zero attached hydrogens (tertiary/aromatic N) is 3. The van der Waals surface area contributed by atoms with Gasteiger partial charge in [0.15, 0.2) is 0 Å². The molecule has 11 rings (SSSR count). The van der Waals surface area contributed by atoms with E-state index in [0.29, 0.717) is 0 Å². The Balaban J connectivity index is 1.14. The van der Waals surface area contributed by atoms with Crippen molar-refractivity contribution in [2.75, 3.05) is 4.90 Å². The van der Waals surface area contributed by atoms with Crippen LogP contribution in [0.4, 0.5) is 17.1 Å². The Morgan fingerprint density at radius 3 is 1.17 bits per heavy atom. The van der Waals surface area contributed by atoms with E-state index in [-0.39, 0.29) is 0 Å². The molecule has 274 valence electrons. The minimum atomic E-state index is -0.877. The zero-order valence-electron chi connectivity index (χ0n) is 31.9. The number of benzene rings is 7. The minimum absolute atomic E-state index is 0.877. The predicted octanol–water partition coefficient (Wildman–Crippen LogP) is 11.1. The third-order valence-electron chi connectivity index (χ3n) is 11.3. The average Bonchev–Trinajstić information content (AvgIpc) is 3.29. The van der Waals surface area contributed by atoms with Crippen LogP contribution in [0.2, 0.25) is 0 Å². The van der Waals surface area contributed by atoms with Gasteiger partial charge < -0.3 is 4.90 Å². The Hall–Kier alpha value is -6.50. The molecule has 58 heavy (non-hydrogen) atoms. The van der Waals surface area contributed by atoms with Gasteiger partial charge in [0.05, 0.1) is 17.1 Å². The zero-order chi connectivity index (χ0) is 38.6. The lowest BCUT2D eigenvalue weighted by molar-refractivity contribution is 1.31. The normalized spacial score (nSPS) is 14.9. The number of hydrogen-bond donors (Lipinski definition) is 0. The fourth-order valence-electron chi connectivity index (χ4n) is 8.64. The van der Waals surface area contributed by atoms with Gasteiger partial charge in [-0.3, -0.25) is 9.97 Å². The third-order valence-corrected chi connectivity index (χ3v) is 16.2. The Morgan fingerprint density at radius 2 is 0.741 bits per heavy atom. The number of pyridine rings is 2. The lowest BCUT2D eigenvalue weighted by Gasteiger charge is -2.45. The van der Waals surface area contributed by atoms with Crippen molar-refractivity contribution in [3.8, 4) is 44.5 Å². The molecule has 0 aliphatic carbocycles. The molecule has 2 aliphatic rings. The van der Waals surface area contributed by atoms with Crippen molar-refractivity contribution in [1.82, 2.24) is 9.97 Å². The lowest BCUT2D eigenvalue weighted by atomic mass is 9.98. The van der Waals surface area contributed by atoms with Crippen molar-refractivity contribution in [2.24, 2.45) is 0 Å². The number of fused-ring (bicyclic) bond motifs is 4. The summed E-state index contributed by atoms with van der Waals surface area (Å²) in [6, 6.07) is 67.9. The first-order valence-corrected chi connectivity index (χ1v) is 22.3. The van der Waals surface area contributed by atoms with Crippen molar-refractivity contribution in [3.05, 3.63) is 212 Å². The van der Waals surface area contributed by atoms with E-state index in [9.17, 15) is 0 Å². The van der Waals surface area contributed by atoms with E-state index in [1.54, 1.807) is 0 Å². The molecule has 0 saturated carbocycles. The van der Waals surface area contributed by atoms with E-state index in [0.717, 1.165) is 0 Å². The van der Waals surface area contributed by atoms with Crippen LogP contribution in [0.1, 0.15) is 5.56 Å². The van der Waals surface area contributed by atoms with Gasteiger partial charge in [-0.05, 0) is 156 Å². The third kappa shape index (κ3) is 5.98. The molecule has 0 saturated heterocycles. The summed E-state index contributed by atoms with van der Waals surface area (Å²) >= 11 is 0. The van der Waals surface area contributed by atoms with Crippen LogP contribution in [0, 0.1) is 6.92 Å². The number of rotatable bonds is 6. The van der Waals surface area contributed by atoms with E-state index in [1.807, 2.05) is 24.8 Å². The molecule has 2 aromatic heterocycles. The summed E-state index contributed by atoms with van der Waals surface area (Å²) in [6.45, 7) is 2.28. The van der Waals surface area contributed by atoms with Crippen LogP contribution in [0.25, 0.3) is 44.5 Å². The highest BCUT2D eigenvalue weighted by Crippen LogP contribution is 2.55. The number of aromatic nitrogens is 2. The van der Waals surface area contributed by atoms with Gasteiger partial charge in [-0.1, -0.05) is 109 Å². The van der Waals surface area contributed by atoms with Crippen molar-refractivity contribution in [1.29, 1.82) is 0 Å². The molecule has 3 nitrogen and oxygen atoms in total. The second-order valence-electron chi connectivity index (χ2n) is 14.9. The number of aryl methyl sites for hydroxylation is 1. The van der Waals surface area contributed by atoms with Crippen LogP contribution in [0.3, 0.4) is 0 Å². The Bertz CT molecular complexity index is 2770. The molecule has 5 heteroatoms. The second kappa shape index (κ2) is 14.5. The molecule has 0 N–H and O–H groups in total. The summed E-state index contributed by atoms with van der Waals surface area (Å²) in [5.41, 5.74) is 14.8. The van der Waals surface area contributed by atoms with Crippen LogP contribution < -0.4 is 36.7 Å². The molecule has 0 bridgehead atoms. The number of hydrogen-bond acceptors (Lipinski definition) is 3. The van der Waals surface area contributed by atoms with Crippen molar-refractivity contribution in [2.45, 2.75) is 6.92 Å². The van der Waals surface area contributed by atoms with Gasteiger partial charge in [-0.25, -0.2) is 0 Å². The average molecular weight is 778 g/mol. The molecule has 0 spiro atoms. The van der Waals surface area contributed by atoms with Gasteiger partial charge in [-0.2, -0.15) is 0 Å². The summed E-state index contributed by atoms with van der Waals surface area (Å²) in [4.78, 5) is 11.1. The molecule has 2 atom stereocenters. The predicted molar refractivity (Wildman–Crippen MR) is 248 cm³/mol. The van der Waals surface area contributed by atoms with E-state index in [1.165, 1.54) is 99.0 Å². The van der Waals surface area contributed by atoms with Crippen LogP contribution in [-0.4, -0.2) is 9.97 Å². The van der Waals surface area contributed by atoms with E-state index in [4.69, 9.17) is 0 Å². The standard InChI is InChI=1S/C53H37N3P2/c1-36-30-51-53-52(31-36)58(46-16-6-3-7-17-46)50-35-44(42-13-9-11-40(33-42)38-24-28-55-29-25-38)19-21-48(50)56(53)47-20-18-43(34-49(47)57(51)45-14-4-2-5-15-45)41-12-8-10-39(32-41)37-22-26-54-27-23-37/h2-35H,1H3. The van der Waals surface area contributed by atoms with Gasteiger partial charge in [0, 0.05) is 46.0 Å². The van der Waals surface area contributed by atoms with Gasteiger partial charge in [0.25, 0.3) is 0 Å². The van der Waals surface area contributed by atoms with Crippen molar-refractivity contribution >= 4 is 64.7 Å². The summed E-state index contributed by atoms with van der Waals surface area (Å²) in [6.07, 6.45) is 7.46. The quantitative estimate of drug-likeness (QED) is 0.158. The van der Waals surface area contributed by atoms with E-state index in [2.05, 4.69) is 204 Å². The molecular formula is C53H37N3P2. The minimum Gasteiger partial charge on any atom is -0.308 e. The topological polar surface area (TPSA) is 29.0 Å². The van der Waals surface area contributed by atoms with Gasteiger partial charge in [-0.15, -0.1) is 0 Å². The number of anilines is 3. The Kier molecular flexibility index (Phi) is 8.66. The molecule has 4 heterocycles. The lowest BCUT2D eigenvalue weighted by Crippen LogP contribution is -2.43. The first-order valence-electron chi connectivity index (χ1n) is 19.6. The highest BCUT2D eigenvalue weighted by molar-refractivity contribution is 7.82. The Labute approximate surface area is 341 Å². The summed E-state index contributed by atoms with van der Waals surface area (Å²) < 4.78 is 0. The fraction of sp³-hybridized carbons (Fsp3) is 0.0189. The monoisotopic (exact) mass is 777 g/mol. The molecule has 7 aromatic carbocycles. The molecule has 0 fully saturated rings. The maximum Gasteiger partial charge on any atom is 0.0629 e. The summed E-state index contributed by atoms with van der Waals surface area (Å²) in [5.74, 6) is 0. The van der Waals surface area contributed by atoms with Gasteiger partial charge in [0.2, 0.25) is 0 Å². The van der Waals surface area contributed by atoms with Gasteiger partial charge >= 0.3 is 0 Å². The van der Waals surface area contributed by atoms with Gasteiger partial charge in [0.1, 0.15) is 0 Å². The van der Waals surface area contributed by atoms with Crippen molar-refractivity contribution < 1.29 is 0 Å². The fourth-order valence-corrected chi connectivity index (χ4v) is 14.2. The Morgan fingerprint density at radius 1 is 0.345 bits per heavy atom. The molecule has 9 aromatic rings. The second-order valence-corrected chi connectivity index (χ2v) is 19.2. The molecule has 2 unspecified atom stereocenters. The van der Waals surface area contributed by atoms with Crippen LogP contribution in [-0.2, 0) is 0 Å². The molecule has 0 radical (unpaired) electrons. The summed E-state index contributed by atoms with van der Waals surface area (Å²) in [5, 5.41) is 8.34. The SMILES string of the molecule is Cc1cc2c3c(c1)P(c1ccccc1)c1cc(-c4cccc(-c5ccncc5)c4)ccc1N3c1ccc(-c3cccc(-c4ccncc4)c3)cc1P2c1ccccc1. The molecule has 0 amide bonds. The smallest absolute Gasteiger partial charge is 0.0629 e. The zero-order valence-corrected chi connectivity index (χ0v) is 33.7. The first kappa shape index (κ1) is 34.7. The molecule has 2 aliphatic heterocycles. The first-order chi connectivity index (χ1) is 28.7. The summed E-state index contributed by atoms with van der Waals surface area (Å²) in [7, 11) is -1.75. The molecular weight excluding hydrogens is 741 g/mol. The maximum atomic E-state index is 4.26. The van der Waals surface area contributed by atoms with Crippen molar-refractivity contribution in [3.63, 3.8) is 0 Å². The van der Waals surface area contributed by atoms with Crippen LogP contribution in [0.15, 0.2) is 207 Å². The van der Waals surface area contributed by atoms with Crippen LogP contribution in [0.5, 0.6) is 0 Å². The highest BCUT2D eigenvalue weighted by atomic mass is 31.1. The van der Waals surface area contributed by atoms with E-state index >= 15 is 0 Å². The van der Waals surface area contributed by atoms with Crippen LogP contribution >= 0.6 is 15.8 Å². The highest BCUT2D eigenvalue weighted by Gasteiger charge is 2.41. The largest absolute Gasteiger partial charge is 0.308 e.